The van der Waals surface area contributed by atoms with Crippen LogP contribution >= 0.6 is 0 Å². The number of amides is 1. The van der Waals surface area contributed by atoms with Crippen molar-refractivity contribution in [2.75, 3.05) is 6.61 Å². The number of sulfone groups is 1. The number of nitrogens with one attached hydrogen (secondary N) is 1. The summed E-state index contributed by atoms with van der Waals surface area (Å²) in [6.45, 7) is 4.79. The van der Waals surface area contributed by atoms with Gasteiger partial charge in [-0.25, -0.2) is 8.42 Å². The zero-order valence-electron chi connectivity index (χ0n) is 18.3. The van der Waals surface area contributed by atoms with E-state index in [0.717, 1.165) is 10.9 Å². The largest absolute Gasteiger partial charge is 0.493 e. The number of pyridine rings is 1. The average molecular weight is 465 g/mol. The van der Waals surface area contributed by atoms with Crippen LogP contribution in [0.2, 0.25) is 0 Å². The second kappa shape index (κ2) is 9.46. The van der Waals surface area contributed by atoms with E-state index in [2.05, 4.69) is 10.3 Å². The minimum Gasteiger partial charge on any atom is -0.493 e. The summed E-state index contributed by atoms with van der Waals surface area (Å²) < 4.78 is 37.2. The SMILES string of the molecule is CC(C)COc1cccc(S(=O)(=O)c2ccc(CNC(=O)c3cc4ccncc4o3)cc2)c1. The molecule has 1 N–H and O–H groups in total. The molecule has 7 nitrogen and oxygen atoms in total. The minimum absolute atomic E-state index is 0.170. The number of hydrogen-bond donors (Lipinski definition) is 1. The molecule has 0 bridgehead atoms. The van der Waals surface area contributed by atoms with Crippen LogP contribution in [0, 0.1) is 5.92 Å². The van der Waals surface area contributed by atoms with Crippen LogP contribution in [0.1, 0.15) is 30.0 Å². The number of benzene rings is 2. The Bertz CT molecular complexity index is 1340. The number of rotatable bonds is 8. The topological polar surface area (TPSA) is 98.5 Å². The smallest absolute Gasteiger partial charge is 0.287 e. The highest BCUT2D eigenvalue weighted by Crippen LogP contribution is 2.25. The molecule has 4 rings (SSSR count). The van der Waals surface area contributed by atoms with Crippen molar-refractivity contribution in [3.8, 4) is 5.75 Å². The lowest BCUT2D eigenvalue weighted by Gasteiger charge is -2.11. The summed E-state index contributed by atoms with van der Waals surface area (Å²) in [6.07, 6.45) is 3.18. The molecule has 0 aliphatic rings. The minimum atomic E-state index is -3.69. The highest BCUT2D eigenvalue weighted by molar-refractivity contribution is 7.91. The van der Waals surface area contributed by atoms with E-state index in [9.17, 15) is 13.2 Å². The lowest BCUT2D eigenvalue weighted by Crippen LogP contribution is -2.22. The summed E-state index contributed by atoms with van der Waals surface area (Å²) in [7, 11) is -3.69. The normalized spacial score (nSPS) is 11.6. The molecule has 4 aromatic rings. The molecule has 8 heteroatoms. The summed E-state index contributed by atoms with van der Waals surface area (Å²) >= 11 is 0. The predicted molar refractivity (Wildman–Crippen MR) is 124 cm³/mol. The van der Waals surface area contributed by atoms with Gasteiger partial charge in [0.2, 0.25) is 9.84 Å². The number of ether oxygens (including phenoxy) is 1. The van der Waals surface area contributed by atoms with Gasteiger partial charge in [-0.1, -0.05) is 32.0 Å². The maximum Gasteiger partial charge on any atom is 0.287 e. The van der Waals surface area contributed by atoms with Crippen LogP contribution in [0.3, 0.4) is 0 Å². The number of furan rings is 1. The molecule has 0 saturated heterocycles. The van der Waals surface area contributed by atoms with Crippen molar-refractivity contribution in [1.29, 1.82) is 0 Å². The molecule has 0 radical (unpaired) electrons. The van der Waals surface area contributed by atoms with Crippen molar-refractivity contribution in [3.05, 3.63) is 84.4 Å². The van der Waals surface area contributed by atoms with Crippen LogP contribution in [0.5, 0.6) is 5.75 Å². The molecular weight excluding hydrogens is 440 g/mol. The molecule has 0 aliphatic heterocycles. The van der Waals surface area contributed by atoms with Crippen LogP contribution in [-0.4, -0.2) is 25.9 Å². The first kappa shape index (κ1) is 22.5. The van der Waals surface area contributed by atoms with Gasteiger partial charge in [0.25, 0.3) is 5.91 Å². The Hall–Kier alpha value is -3.65. The van der Waals surface area contributed by atoms with Gasteiger partial charge in [-0.15, -0.1) is 0 Å². The van der Waals surface area contributed by atoms with E-state index in [4.69, 9.17) is 9.15 Å². The fourth-order valence-electron chi connectivity index (χ4n) is 3.18. The number of carbonyl (C=O) groups is 1. The molecule has 2 heterocycles. The lowest BCUT2D eigenvalue weighted by molar-refractivity contribution is 0.0925. The summed E-state index contributed by atoms with van der Waals surface area (Å²) in [5.41, 5.74) is 1.30. The van der Waals surface area contributed by atoms with Crippen molar-refractivity contribution < 1.29 is 22.4 Å². The zero-order chi connectivity index (χ0) is 23.4. The second-order valence-corrected chi connectivity index (χ2v) is 9.98. The van der Waals surface area contributed by atoms with Crippen LogP contribution < -0.4 is 10.1 Å². The molecule has 2 aromatic carbocycles. The molecule has 33 heavy (non-hydrogen) atoms. The van der Waals surface area contributed by atoms with Crippen LogP contribution in [0.4, 0.5) is 0 Å². The van der Waals surface area contributed by atoms with E-state index >= 15 is 0 Å². The number of nitrogens with zero attached hydrogens (tertiary/aromatic N) is 1. The fourth-order valence-corrected chi connectivity index (χ4v) is 4.48. The van der Waals surface area contributed by atoms with E-state index in [-0.39, 0.29) is 28.0 Å². The Morgan fingerprint density at radius 3 is 2.58 bits per heavy atom. The standard InChI is InChI=1S/C25H24N2O5S/c1-17(2)16-31-20-4-3-5-22(13-20)33(29,30)21-8-6-18(7-9-21)14-27-25(28)23-12-19-10-11-26-15-24(19)32-23/h3-13,15,17H,14,16H2,1-2H3,(H,27,28). The predicted octanol–water partition coefficient (Wildman–Crippen LogP) is 4.63. The maximum absolute atomic E-state index is 13.0. The molecule has 0 fully saturated rings. The summed E-state index contributed by atoms with van der Waals surface area (Å²) in [5, 5.41) is 3.57. The molecule has 1 amide bonds. The number of fused-ring (bicyclic) bond motifs is 1. The third-order valence-electron chi connectivity index (χ3n) is 4.93. The van der Waals surface area contributed by atoms with E-state index in [1.54, 1.807) is 54.9 Å². The van der Waals surface area contributed by atoms with Crippen LogP contribution in [0.25, 0.3) is 11.0 Å². The molecule has 0 spiro atoms. The molecule has 0 saturated carbocycles. The number of carbonyl (C=O) groups excluding carboxylic acids is 1. The third-order valence-corrected chi connectivity index (χ3v) is 6.70. The Kier molecular flexibility index (Phi) is 6.46. The van der Waals surface area contributed by atoms with Crippen molar-refractivity contribution >= 4 is 26.7 Å². The Balaban J connectivity index is 1.43. The molecule has 0 atom stereocenters. The van der Waals surface area contributed by atoms with Crippen molar-refractivity contribution in [1.82, 2.24) is 10.3 Å². The highest BCUT2D eigenvalue weighted by Gasteiger charge is 2.19. The van der Waals surface area contributed by atoms with Gasteiger partial charge in [0.15, 0.2) is 11.3 Å². The zero-order valence-corrected chi connectivity index (χ0v) is 19.1. The van der Waals surface area contributed by atoms with E-state index < -0.39 is 9.84 Å². The first-order valence-corrected chi connectivity index (χ1v) is 12.0. The van der Waals surface area contributed by atoms with Gasteiger partial charge in [0.1, 0.15) is 5.75 Å². The molecular formula is C25H24N2O5S. The molecule has 2 aromatic heterocycles. The summed E-state index contributed by atoms with van der Waals surface area (Å²) in [6, 6.07) is 16.3. The first-order chi connectivity index (χ1) is 15.8. The summed E-state index contributed by atoms with van der Waals surface area (Å²) in [5.74, 6) is 0.686. The highest BCUT2D eigenvalue weighted by atomic mass is 32.2. The quantitative estimate of drug-likeness (QED) is 0.408. The fraction of sp³-hybridized carbons (Fsp3) is 0.200. The number of hydrogen-bond acceptors (Lipinski definition) is 6. The number of aromatic nitrogens is 1. The van der Waals surface area contributed by atoms with Gasteiger partial charge >= 0.3 is 0 Å². The van der Waals surface area contributed by atoms with E-state index in [1.165, 1.54) is 18.2 Å². The van der Waals surface area contributed by atoms with Gasteiger partial charge in [-0.3, -0.25) is 9.78 Å². The maximum atomic E-state index is 13.0. The molecule has 170 valence electrons. The van der Waals surface area contributed by atoms with Crippen molar-refractivity contribution in [3.63, 3.8) is 0 Å². The van der Waals surface area contributed by atoms with E-state index in [0.29, 0.717) is 23.9 Å². The Morgan fingerprint density at radius 2 is 1.85 bits per heavy atom. The van der Waals surface area contributed by atoms with Gasteiger partial charge < -0.3 is 14.5 Å². The monoisotopic (exact) mass is 464 g/mol. The van der Waals surface area contributed by atoms with Crippen LogP contribution in [0.15, 0.2) is 87.3 Å². The van der Waals surface area contributed by atoms with Gasteiger partial charge in [0.05, 0.1) is 22.6 Å². The van der Waals surface area contributed by atoms with Gasteiger partial charge in [-0.2, -0.15) is 0 Å². The molecule has 0 aliphatic carbocycles. The molecule has 0 unspecified atom stereocenters. The van der Waals surface area contributed by atoms with E-state index in [1.807, 2.05) is 13.8 Å². The Morgan fingerprint density at radius 1 is 1.06 bits per heavy atom. The Labute approximate surface area is 192 Å². The van der Waals surface area contributed by atoms with Crippen LogP contribution in [-0.2, 0) is 16.4 Å². The van der Waals surface area contributed by atoms with Gasteiger partial charge in [0, 0.05) is 18.1 Å². The van der Waals surface area contributed by atoms with Gasteiger partial charge in [-0.05, 0) is 53.9 Å². The first-order valence-electron chi connectivity index (χ1n) is 10.5. The lowest BCUT2D eigenvalue weighted by atomic mass is 10.2. The summed E-state index contributed by atoms with van der Waals surface area (Å²) in [4.78, 5) is 16.7. The average Bonchev–Trinajstić information content (AvgIpc) is 3.26. The van der Waals surface area contributed by atoms with Crippen molar-refractivity contribution in [2.24, 2.45) is 5.92 Å². The second-order valence-electron chi connectivity index (χ2n) is 8.03. The third kappa shape index (κ3) is 5.23. The van der Waals surface area contributed by atoms with Crippen molar-refractivity contribution in [2.45, 2.75) is 30.2 Å².